The van der Waals surface area contributed by atoms with Crippen molar-refractivity contribution in [3.05, 3.63) is 41.2 Å². The number of benzene rings is 1. The summed E-state index contributed by atoms with van der Waals surface area (Å²) in [5.74, 6) is 0.632. The molecule has 1 unspecified atom stereocenters. The molecule has 0 saturated carbocycles. The van der Waals surface area contributed by atoms with Gasteiger partial charge in [0.15, 0.2) is 0 Å². The molecular formula is C17H18ClN3O. The second-order valence-corrected chi connectivity index (χ2v) is 6.76. The molecule has 4 nitrogen and oxygen atoms in total. The molecule has 3 atom stereocenters. The number of carbonyl (C=O) groups is 1. The van der Waals surface area contributed by atoms with Crippen molar-refractivity contribution in [2.24, 2.45) is 5.92 Å². The topological polar surface area (TPSA) is 45.2 Å². The summed E-state index contributed by atoms with van der Waals surface area (Å²) < 4.78 is 0. The van der Waals surface area contributed by atoms with Crippen LogP contribution in [0, 0.1) is 5.92 Å². The fourth-order valence-corrected chi connectivity index (χ4v) is 3.92. The summed E-state index contributed by atoms with van der Waals surface area (Å²) in [5.41, 5.74) is 0.438. The van der Waals surface area contributed by atoms with Gasteiger partial charge in [0.1, 0.15) is 5.69 Å². The van der Waals surface area contributed by atoms with Crippen LogP contribution in [0.5, 0.6) is 0 Å². The Morgan fingerprint density at radius 3 is 3.14 bits per heavy atom. The molecule has 5 heteroatoms. The van der Waals surface area contributed by atoms with Crippen molar-refractivity contribution >= 4 is 28.3 Å². The Kier molecular flexibility index (Phi) is 3.51. The Labute approximate surface area is 134 Å². The molecule has 2 saturated heterocycles. The van der Waals surface area contributed by atoms with E-state index in [1.807, 2.05) is 18.2 Å². The van der Waals surface area contributed by atoms with Gasteiger partial charge in [-0.25, -0.2) is 0 Å². The molecule has 0 spiro atoms. The molecule has 3 heterocycles. The van der Waals surface area contributed by atoms with Gasteiger partial charge in [-0.05, 0) is 37.4 Å². The van der Waals surface area contributed by atoms with Gasteiger partial charge in [-0.3, -0.25) is 9.78 Å². The van der Waals surface area contributed by atoms with Crippen LogP contribution in [0.3, 0.4) is 0 Å². The van der Waals surface area contributed by atoms with Crippen LogP contribution in [0.15, 0.2) is 30.5 Å². The number of rotatable bonds is 2. The first-order valence-corrected chi connectivity index (χ1v) is 8.14. The van der Waals surface area contributed by atoms with E-state index in [1.54, 1.807) is 12.3 Å². The highest BCUT2D eigenvalue weighted by Gasteiger charge is 2.33. The standard InChI is InChI=1S/C17H18ClN3O/c18-15-3-1-2-12-8-19-16(7-14(12)15)17(22)20-13-6-11-4-5-21(9-11)10-13/h1-3,7-8,11,13H,4-6,9-10H2,(H,20,22)/t11-,13+/m0/s1. The van der Waals surface area contributed by atoms with Gasteiger partial charge in [0.05, 0.1) is 0 Å². The van der Waals surface area contributed by atoms with Gasteiger partial charge in [-0.1, -0.05) is 23.7 Å². The van der Waals surface area contributed by atoms with Crippen molar-refractivity contribution in [3.8, 4) is 0 Å². The van der Waals surface area contributed by atoms with E-state index in [1.165, 1.54) is 19.5 Å². The van der Waals surface area contributed by atoms with Gasteiger partial charge in [0.2, 0.25) is 0 Å². The molecule has 22 heavy (non-hydrogen) atoms. The number of carbonyl (C=O) groups excluding carboxylic acids is 1. The lowest BCUT2D eigenvalue weighted by Crippen LogP contribution is -2.47. The maximum Gasteiger partial charge on any atom is 0.270 e. The fraction of sp³-hybridized carbons (Fsp3) is 0.412. The lowest BCUT2D eigenvalue weighted by Gasteiger charge is -2.30. The number of nitrogens with zero attached hydrogens (tertiary/aromatic N) is 2. The molecule has 1 aromatic carbocycles. The van der Waals surface area contributed by atoms with Gasteiger partial charge in [0, 0.05) is 41.1 Å². The summed E-state index contributed by atoms with van der Waals surface area (Å²) in [6.07, 6.45) is 4.05. The summed E-state index contributed by atoms with van der Waals surface area (Å²) >= 11 is 6.21. The summed E-state index contributed by atoms with van der Waals surface area (Å²) in [4.78, 5) is 19.2. The van der Waals surface area contributed by atoms with Gasteiger partial charge < -0.3 is 10.2 Å². The summed E-state index contributed by atoms with van der Waals surface area (Å²) in [7, 11) is 0. The van der Waals surface area contributed by atoms with Gasteiger partial charge in [0.25, 0.3) is 5.91 Å². The zero-order valence-corrected chi connectivity index (χ0v) is 13.0. The van der Waals surface area contributed by atoms with Crippen LogP contribution in [0.25, 0.3) is 10.8 Å². The van der Waals surface area contributed by atoms with Crippen LogP contribution in [0.4, 0.5) is 0 Å². The van der Waals surface area contributed by atoms with Gasteiger partial charge >= 0.3 is 0 Å². The Morgan fingerprint density at radius 2 is 2.27 bits per heavy atom. The second kappa shape index (κ2) is 5.52. The summed E-state index contributed by atoms with van der Waals surface area (Å²) in [5, 5.41) is 5.60. The van der Waals surface area contributed by atoms with Crippen molar-refractivity contribution < 1.29 is 4.79 Å². The van der Waals surface area contributed by atoms with E-state index < -0.39 is 0 Å². The van der Waals surface area contributed by atoms with Crippen LogP contribution in [0.2, 0.25) is 5.02 Å². The maximum absolute atomic E-state index is 12.5. The van der Waals surface area contributed by atoms with Gasteiger partial charge in [-0.15, -0.1) is 0 Å². The van der Waals surface area contributed by atoms with Crippen LogP contribution in [-0.2, 0) is 0 Å². The lowest BCUT2D eigenvalue weighted by atomic mass is 9.97. The van der Waals surface area contributed by atoms with Crippen LogP contribution < -0.4 is 5.32 Å². The van der Waals surface area contributed by atoms with E-state index in [0.717, 1.165) is 29.7 Å². The van der Waals surface area contributed by atoms with Crippen molar-refractivity contribution in [2.45, 2.75) is 18.9 Å². The molecule has 114 valence electrons. The molecule has 2 aliphatic heterocycles. The number of fused-ring (bicyclic) bond motifs is 3. The van der Waals surface area contributed by atoms with Crippen LogP contribution in [0.1, 0.15) is 23.3 Å². The van der Waals surface area contributed by atoms with E-state index in [-0.39, 0.29) is 11.9 Å². The second-order valence-electron chi connectivity index (χ2n) is 6.35. The number of piperidine rings is 1. The molecule has 4 rings (SSSR count). The van der Waals surface area contributed by atoms with E-state index in [4.69, 9.17) is 11.6 Å². The Morgan fingerprint density at radius 1 is 1.36 bits per heavy atom. The fourth-order valence-electron chi connectivity index (χ4n) is 3.68. The monoisotopic (exact) mass is 315 g/mol. The SMILES string of the molecule is O=C(N[C@@H]1C[C@@H]2CCN(C2)C1)c1cc2c(Cl)cccc2cn1. The van der Waals surface area contributed by atoms with E-state index in [2.05, 4.69) is 15.2 Å². The van der Waals surface area contributed by atoms with Crippen molar-refractivity contribution in [1.82, 2.24) is 15.2 Å². The van der Waals surface area contributed by atoms with Crippen LogP contribution >= 0.6 is 11.6 Å². The quantitative estimate of drug-likeness (QED) is 0.927. The number of nitrogens with one attached hydrogen (secondary N) is 1. The predicted molar refractivity (Wildman–Crippen MR) is 87.2 cm³/mol. The minimum Gasteiger partial charge on any atom is -0.347 e. The molecule has 2 fully saturated rings. The average molecular weight is 316 g/mol. The van der Waals surface area contributed by atoms with Crippen molar-refractivity contribution in [1.29, 1.82) is 0 Å². The first-order valence-electron chi connectivity index (χ1n) is 7.76. The highest BCUT2D eigenvalue weighted by molar-refractivity contribution is 6.35. The first-order chi connectivity index (χ1) is 10.7. The van der Waals surface area contributed by atoms with Crippen molar-refractivity contribution in [3.63, 3.8) is 0 Å². The van der Waals surface area contributed by atoms with E-state index in [0.29, 0.717) is 10.7 Å². The zero-order valence-electron chi connectivity index (χ0n) is 12.3. The molecule has 2 bridgehead atoms. The molecule has 2 aliphatic rings. The number of halogens is 1. The van der Waals surface area contributed by atoms with E-state index in [9.17, 15) is 4.79 Å². The smallest absolute Gasteiger partial charge is 0.270 e. The maximum atomic E-state index is 12.5. The minimum absolute atomic E-state index is 0.102. The number of hydrogen-bond donors (Lipinski definition) is 1. The molecule has 1 amide bonds. The average Bonchev–Trinajstić information content (AvgIpc) is 2.86. The number of pyridine rings is 1. The zero-order chi connectivity index (χ0) is 15.1. The van der Waals surface area contributed by atoms with E-state index >= 15 is 0 Å². The highest BCUT2D eigenvalue weighted by Crippen LogP contribution is 2.27. The number of hydrogen-bond acceptors (Lipinski definition) is 3. The first kappa shape index (κ1) is 14.0. The number of aromatic nitrogens is 1. The normalized spacial score (nSPS) is 27.0. The Balaban J connectivity index is 1.54. The lowest BCUT2D eigenvalue weighted by molar-refractivity contribution is 0.0904. The largest absolute Gasteiger partial charge is 0.347 e. The Bertz CT molecular complexity index is 721. The Hall–Kier alpha value is -1.65. The highest BCUT2D eigenvalue weighted by atomic mass is 35.5. The third kappa shape index (κ3) is 2.57. The van der Waals surface area contributed by atoms with Crippen LogP contribution in [-0.4, -0.2) is 41.5 Å². The third-order valence-electron chi connectivity index (χ3n) is 4.74. The summed E-state index contributed by atoms with van der Waals surface area (Å²) in [6.45, 7) is 3.31. The number of amides is 1. The molecule has 2 aromatic rings. The molecule has 0 radical (unpaired) electrons. The van der Waals surface area contributed by atoms with Crippen molar-refractivity contribution in [2.75, 3.05) is 19.6 Å². The molecular weight excluding hydrogens is 298 g/mol. The predicted octanol–water partition coefficient (Wildman–Crippen LogP) is 2.71. The minimum atomic E-state index is -0.102. The molecule has 1 aromatic heterocycles. The summed E-state index contributed by atoms with van der Waals surface area (Å²) in [6, 6.07) is 7.68. The molecule has 1 N–H and O–H groups in total. The third-order valence-corrected chi connectivity index (χ3v) is 5.07. The van der Waals surface area contributed by atoms with Gasteiger partial charge in [-0.2, -0.15) is 0 Å². The molecule has 0 aliphatic carbocycles.